The molecular weight excluding hydrogens is 483 g/mol. The van der Waals surface area contributed by atoms with E-state index < -0.39 is 54.5 Å². The molecule has 0 unspecified atom stereocenters. The Balaban J connectivity index is 1.41. The van der Waals surface area contributed by atoms with Gasteiger partial charge in [0, 0.05) is 37.6 Å². The molecule has 5 rings (SSSR count). The highest BCUT2D eigenvalue weighted by Gasteiger charge is 2.47. The predicted molar refractivity (Wildman–Crippen MR) is 117 cm³/mol. The van der Waals surface area contributed by atoms with E-state index in [9.17, 15) is 23.4 Å². The second-order valence-corrected chi connectivity index (χ2v) is 9.03. The fourth-order valence-electron chi connectivity index (χ4n) is 4.91. The van der Waals surface area contributed by atoms with Gasteiger partial charge in [0.2, 0.25) is 0 Å². The van der Waals surface area contributed by atoms with Gasteiger partial charge in [0.25, 0.3) is 0 Å². The number of nitrogens with one attached hydrogen (secondary N) is 1. The highest BCUT2D eigenvalue weighted by atomic mass is 19.2. The number of aliphatic hydroxyl groups excluding tert-OH is 2. The van der Waals surface area contributed by atoms with Crippen LogP contribution in [0.3, 0.4) is 0 Å². The van der Waals surface area contributed by atoms with Crippen molar-refractivity contribution >= 4 is 0 Å². The summed E-state index contributed by atoms with van der Waals surface area (Å²) in [4.78, 5) is 0. The predicted octanol–water partition coefficient (Wildman–Crippen LogP) is 1.35. The Kier molecular flexibility index (Phi) is 7.08. The van der Waals surface area contributed by atoms with Crippen molar-refractivity contribution in [3.05, 3.63) is 53.3 Å². The Morgan fingerprint density at radius 1 is 1.19 bits per heavy atom. The molecule has 2 fully saturated rings. The van der Waals surface area contributed by atoms with Gasteiger partial charge in [-0.3, -0.25) is 0 Å². The summed E-state index contributed by atoms with van der Waals surface area (Å²) in [7, 11) is 1.45. The normalized spacial score (nSPS) is 28.6. The molecule has 2 saturated heterocycles. The van der Waals surface area contributed by atoms with Crippen LogP contribution in [0.5, 0.6) is 0 Å². The fraction of sp³-hybridized carbons (Fsp3) is 0.522. The first-order valence-corrected chi connectivity index (χ1v) is 11.6. The minimum Gasteiger partial charge on any atom is -0.394 e. The summed E-state index contributed by atoms with van der Waals surface area (Å²) in [6, 6.07) is 2.62. The van der Waals surface area contributed by atoms with E-state index in [1.54, 1.807) is 0 Å². The van der Waals surface area contributed by atoms with Crippen molar-refractivity contribution in [1.29, 1.82) is 0 Å². The van der Waals surface area contributed by atoms with E-state index in [0.29, 0.717) is 5.69 Å². The van der Waals surface area contributed by atoms with Crippen LogP contribution >= 0.6 is 0 Å². The second-order valence-electron chi connectivity index (χ2n) is 9.03. The number of rotatable bonds is 7. The summed E-state index contributed by atoms with van der Waals surface area (Å²) in [6.07, 6.45) is -1.02. The highest BCUT2D eigenvalue weighted by molar-refractivity contribution is 5.57. The molecule has 2 aromatic heterocycles. The number of ether oxygens (including phenoxy) is 2. The molecular formula is C23H26F3N5O5. The first-order chi connectivity index (χ1) is 17.4. The Bertz CT molecular complexity index is 1180. The van der Waals surface area contributed by atoms with Gasteiger partial charge in [0.1, 0.15) is 35.8 Å². The Morgan fingerprint density at radius 2 is 1.97 bits per heavy atom. The van der Waals surface area contributed by atoms with E-state index in [-0.39, 0.29) is 23.6 Å². The van der Waals surface area contributed by atoms with Crippen LogP contribution in [0.25, 0.3) is 11.3 Å². The number of benzene rings is 1. The van der Waals surface area contributed by atoms with Gasteiger partial charge in [0.05, 0.1) is 24.6 Å². The van der Waals surface area contributed by atoms with Gasteiger partial charge < -0.3 is 29.5 Å². The van der Waals surface area contributed by atoms with Gasteiger partial charge in [-0.2, -0.15) is 0 Å². The average molecular weight is 509 g/mol. The SMILES string of the molecule is CO[C@@H]1[C@@H](n2cc(-c3cc(F)c(F)c(F)c3)nn2)[C@@H](O)[C@@H](CO)O[C@@H]1Cc1cc([C@@H]2CCNC2)on1. The maximum atomic E-state index is 13.7. The van der Waals surface area contributed by atoms with Crippen molar-refractivity contribution in [3.8, 4) is 11.3 Å². The van der Waals surface area contributed by atoms with Gasteiger partial charge in [0.15, 0.2) is 17.5 Å². The highest BCUT2D eigenvalue weighted by Crippen LogP contribution is 2.34. The third kappa shape index (κ3) is 4.64. The molecule has 6 atom stereocenters. The molecule has 0 radical (unpaired) electrons. The number of hydrogen-bond donors (Lipinski definition) is 3. The van der Waals surface area contributed by atoms with Crippen LogP contribution in [0, 0.1) is 17.5 Å². The zero-order valence-corrected chi connectivity index (χ0v) is 19.4. The number of hydrogen-bond acceptors (Lipinski definition) is 9. The molecule has 3 aromatic rings. The first kappa shape index (κ1) is 24.8. The third-order valence-corrected chi connectivity index (χ3v) is 6.78. The summed E-state index contributed by atoms with van der Waals surface area (Å²) >= 11 is 0. The zero-order valence-electron chi connectivity index (χ0n) is 19.4. The summed E-state index contributed by atoms with van der Waals surface area (Å²) < 4.78 is 59.3. The lowest BCUT2D eigenvalue weighted by molar-refractivity contribution is -0.212. The largest absolute Gasteiger partial charge is 0.394 e. The quantitative estimate of drug-likeness (QED) is 0.405. The Morgan fingerprint density at radius 3 is 2.64 bits per heavy atom. The van der Waals surface area contributed by atoms with Crippen molar-refractivity contribution in [3.63, 3.8) is 0 Å². The number of nitrogens with zero attached hydrogens (tertiary/aromatic N) is 4. The third-order valence-electron chi connectivity index (χ3n) is 6.78. The van der Waals surface area contributed by atoms with E-state index in [2.05, 4.69) is 20.8 Å². The maximum absolute atomic E-state index is 13.7. The summed E-state index contributed by atoms with van der Waals surface area (Å²) in [6.45, 7) is 1.25. The van der Waals surface area contributed by atoms with E-state index >= 15 is 0 Å². The molecule has 13 heteroatoms. The lowest BCUT2D eigenvalue weighted by Gasteiger charge is -2.43. The Hall–Kier alpha value is -2.84. The molecule has 2 aliphatic rings. The lowest BCUT2D eigenvalue weighted by atomic mass is 9.90. The number of halogens is 3. The molecule has 1 aromatic carbocycles. The van der Waals surface area contributed by atoms with Crippen molar-refractivity contribution in [1.82, 2.24) is 25.5 Å². The fourth-order valence-corrected chi connectivity index (χ4v) is 4.91. The topological polar surface area (TPSA) is 128 Å². The monoisotopic (exact) mass is 509 g/mol. The van der Waals surface area contributed by atoms with Gasteiger partial charge in [-0.1, -0.05) is 10.4 Å². The smallest absolute Gasteiger partial charge is 0.194 e. The van der Waals surface area contributed by atoms with E-state index in [4.69, 9.17) is 14.0 Å². The van der Waals surface area contributed by atoms with Gasteiger partial charge in [-0.15, -0.1) is 5.10 Å². The molecule has 0 spiro atoms. The second kappa shape index (κ2) is 10.3. The zero-order chi connectivity index (χ0) is 25.4. The molecule has 3 N–H and O–H groups in total. The van der Waals surface area contributed by atoms with Crippen LogP contribution in [0.2, 0.25) is 0 Å². The molecule has 4 heterocycles. The number of aliphatic hydroxyl groups is 2. The molecule has 0 aliphatic carbocycles. The van der Waals surface area contributed by atoms with Crippen LogP contribution in [-0.4, -0.2) is 81.6 Å². The summed E-state index contributed by atoms with van der Waals surface area (Å²) in [5, 5.41) is 36.2. The van der Waals surface area contributed by atoms with Crippen molar-refractivity contribution in [2.24, 2.45) is 0 Å². The lowest BCUT2D eigenvalue weighted by Crippen LogP contribution is -2.57. The van der Waals surface area contributed by atoms with Gasteiger partial charge in [-0.25, -0.2) is 17.9 Å². The summed E-state index contributed by atoms with van der Waals surface area (Å²) in [5.41, 5.74) is 0.664. The first-order valence-electron chi connectivity index (χ1n) is 11.6. The number of aromatic nitrogens is 4. The van der Waals surface area contributed by atoms with Gasteiger partial charge >= 0.3 is 0 Å². The van der Waals surface area contributed by atoms with E-state index in [1.807, 2.05) is 6.07 Å². The van der Waals surface area contributed by atoms with Crippen LogP contribution in [-0.2, 0) is 15.9 Å². The molecule has 10 nitrogen and oxygen atoms in total. The molecule has 0 bridgehead atoms. The molecule has 194 valence electrons. The van der Waals surface area contributed by atoms with Crippen molar-refractivity contribution < 1.29 is 37.4 Å². The standard InChI is InChI=1S/C23H26F3N5O5/c1-34-23-18(7-13-6-17(36-29-13)11-2-3-27-8-11)35-19(10-32)22(33)21(23)31-9-16(28-30-31)12-4-14(24)20(26)15(25)5-12/h4-6,9,11,18-19,21-23,27,32-33H,2-3,7-8,10H2,1H3/t11-,18-,19-,21+,22+,23+/m1/s1. The average Bonchev–Trinajstić information content (AvgIpc) is 3.64. The minimum atomic E-state index is -1.58. The van der Waals surface area contributed by atoms with Crippen molar-refractivity contribution in [2.75, 3.05) is 26.8 Å². The number of methoxy groups -OCH3 is 1. The molecule has 0 saturated carbocycles. The maximum Gasteiger partial charge on any atom is 0.194 e. The van der Waals surface area contributed by atoms with Crippen LogP contribution in [0.1, 0.15) is 29.8 Å². The van der Waals surface area contributed by atoms with Crippen molar-refractivity contribution in [2.45, 2.75) is 49.2 Å². The Labute approximate surface area is 204 Å². The van der Waals surface area contributed by atoms with Crippen LogP contribution in [0.4, 0.5) is 13.2 Å². The minimum absolute atomic E-state index is 0.0278. The molecule has 0 amide bonds. The molecule has 36 heavy (non-hydrogen) atoms. The molecule has 2 aliphatic heterocycles. The van der Waals surface area contributed by atoms with Crippen LogP contribution < -0.4 is 5.32 Å². The van der Waals surface area contributed by atoms with Gasteiger partial charge in [-0.05, 0) is 25.1 Å². The van der Waals surface area contributed by atoms with Crippen LogP contribution in [0.15, 0.2) is 28.9 Å². The van der Waals surface area contributed by atoms with E-state index in [0.717, 1.165) is 37.4 Å². The van der Waals surface area contributed by atoms with E-state index in [1.165, 1.54) is 18.0 Å². The summed E-state index contributed by atoms with van der Waals surface area (Å²) in [5.74, 6) is -3.29.